The van der Waals surface area contributed by atoms with Crippen LogP contribution in [-0.2, 0) is 0 Å². The Labute approximate surface area is 121 Å². The van der Waals surface area contributed by atoms with Crippen LogP contribution < -0.4 is 14.8 Å². The molecule has 0 saturated carbocycles. The SMILES string of the molecule is CNC(CCC(F)(F)F)c1ccc(OC)c(Cl)c1OC. The predicted octanol–water partition coefficient (Wildman–Crippen LogP) is 3.96. The Bertz CT molecular complexity index is 452. The lowest BCUT2D eigenvalue weighted by Crippen LogP contribution is -2.20. The fourth-order valence-electron chi connectivity index (χ4n) is 1.96. The molecule has 0 aliphatic heterocycles. The molecular weight excluding hydrogens is 295 g/mol. The Kier molecular flexibility index (Phi) is 5.95. The minimum absolute atomic E-state index is 0.0982. The quantitative estimate of drug-likeness (QED) is 0.862. The molecule has 0 aliphatic rings. The van der Waals surface area contributed by atoms with Gasteiger partial charge in [-0.1, -0.05) is 11.6 Å². The van der Waals surface area contributed by atoms with Crippen molar-refractivity contribution < 1.29 is 22.6 Å². The van der Waals surface area contributed by atoms with E-state index < -0.39 is 18.6 Å². The lowest BCUT2D eigenvalue weighted by Gasteiger charge is -2.21. The Balaban J connectivity index is 3.06. The van der Waals surface area contributed by atoms with Crippen LogP contribution in [0.4, 0.5) is 13.2 Å². The molecule has 114 valence electrons. The predicted molar refractivity (Wildman–Crippen MR) is 71.6 cm³/mol. The summed E-state index contributed by atoms with van der Waals surface area (Å²) in [7, 11) is 4.47. The number of rotatable bonds is 6. The summed E-state index contributed by atoms with van der Waals surface area (Å²) in [5, 5.41) is 3.10. The third-order valence-corrected chi connectivity index (χ3v) is 3.31. The summed E-state index contributed by atoms with van der Waals surface area (Å²) < 4.78 is 47.3. The highest BCUT2D eigenvalue weighted by molar-refractivity contribution is 6.33. The summed E-state index contributed by atoms with van der Waals surface area (Å²) >= 11 is 6.11. The minimum Gasteiger partial charge on any atom is -0.495 e. The maximum Gasteiger partial charge on any atom is 0.389 e. The summed E-state index contributed by atoms with van der Waals surface area (Å²) in [6.07, 6.45) is -5.18. The molecule has 1 rings (SSSR count). The molecule has 1 aromatic rings. The fourth-order valence-corrected chi connectivity index (χ4v) is 2.28. The van der Waals surface area contributed by atoms with Crippen LogP contribution in [0.3, 0.4) is 0 Å². The molecule has 0 heterocycles. The molecule has 1 aromatic carbocycles. The van der Waals surface area contributed by atoms with Crippen molar-refractivity contribution in [2.75, 3.05) is 21.3 Å². The molecule has 0 amide bonds. The summed E-state index contributed by atoms with van der Waals surface area (Å²) in [6, 6.07) is 2.76. The van der Waals surface area contributed by atoms with Crippen LogP contribution in [0, 0.1) is 0 Å². The van der Waals surface area contributed by atoms with Crippen molar-refractivity contribution >= 4 is 11.6 Å². The number of halogens is 4. The number of hydrogen-bond acceptors (Lipinski definition) is 3. The van der Waals surface area contributed by atoms with Crippen LogP contribution in [0.15, 0.2) is 12.1 Å². The highest BCUT2D eigenvalue weighted by atomic mass is 35.5. The van der Waals surface area contributed by atoms with Crippen LogP contribution in [0.5, 0.6) is 11.5 Å². The molecule has 1 atom stereocenters. The van der Waals surface area contributed by atoms with E-state index in [0.717, 1.165) is 0 Å². The minimum atomic E-state index is -4.20. The van der Waals surface area contributed by atoms with Gasteiger partial charge >= 0.3 is 6.18 Å². The fraction of sp³-hybridized carbons (Fsp3) is 0.538. The molecule has 0 fully saturated rings. The van der Waals surface area contributed by atoms with E-state index in [1.165, 1.54) is 14.2 Å². The first-order valence-corrected chi connectivity index (χ1v) is 6.36. The van der Waals surface area contributed by atoms with Crippen molar-refractivity contribution in [2.24, 2.45) is 0 Å². The normalized spacial score (nSPS) is 13.2. The van der Waals surface area contributed by atoms with Gasteiger partial charge in [-0.05, 0) is 25.6 Å². The van der Waals surface area contributed by atoms with Gasteiger partial charge in [0, 0.05) is 18.0 Å². The van der Waals surface area contributed by atoms with Crippen LogP contribution in [0.2, 0.25) is 5.02 Å². The molecule has 3 nitrogen and oxygen atoms in total. The Morgan fingerprint density at radius 3 is 2.35 bits per heavy atom. The molecule has 1 N–H and O–H groups in total. The first-order chi connectivity index (χ1) is 9.34. The Morgan fingerprint density at radius 2 is 1.90 bits per heavy atom. The summed E-state index contributed by atoms with van der Waals surface area (Å²) in [6.45, 7) is 0. The van der Waals surface area contributed by atoms with Crippen LogP contribution in [0.25, 0.3) is 0 Å². The smallest absolute Gasteiger partial charge is 0.389 e. The Hall–Kier alpha value is -1.14. The van der Waals surface area contributed by atoms with Gasteiger partial charge < -0.3 is 14.8 Å². The average Bonchev–Trinajstić information content (AvgIpc) is 2.38. The van der Waals surface area contributed by atoms with Gasteiger partial charge in [0.15, 0.2) is 0 Å². The molecule has 0 aliphatic carbocycles. The number of nitrogens with one attached hydrogen (secondary N) is 1. The van der Waals surface area contributed by atoms with Crippen LogP contribution in [0.1, 0.15) is 24.4 Å². The highest BCUT2D eigenvalue weighted by Crippen LogP contribution is 2.41. The van der Waals surface area contributed by atoms with Crippen molar-refractivity contribution in [2.45, 2.75) is 25.1 Å². The first-order valence-electron chi connectivity index (χ1n) is 5.98. The van der Waals surface area contributed by atoms with Crippen LogP contribution >= 0.6 is 11.6 Å². The molecule has 0 bridgehead atoms. The van der Waals surface area contributed by atoms with Crippen molar-refractivity contribution in [1.29, 1.82) is 0 Å². The van der Waals surface area contributed by atoms with Crippen molar-refractivity contribution in [3.05, 3.63) is 22.7 Å². The largest absolute Gasteiger partial charge is 0.495 e. The van der Waals surface area contributed by atoms with Gasteiger partial charge in [0.1, 0.15) is 16.5 Å². The summed E-state index contributed by atoms with van der Waals surface area (Å²) in [5.74, 6) is 0.741. The number of methoxy groups -OCH3 is 2. The first kappa shape index (κ1) is 16.9. The zero-order chi connectivity index (χ0) is 15.3. The van der Waals surface area contributed by atoms with Crippen molar-refractivity contribution in [3.8, 4) is 11.5 Å². The lowest BCUT2D eigenvalue weighted by atomic mass is 10.0. The average molecular weight is 312 g/mol. The van der Waals surface area contributed by atoms with E-state index in [2.05, 4.69) is 5.32 Å². The molecule has 20 heavy (non-hydrogen) atoms. The van der Waals surface area contributed by atoms with E-state index in [0.29, 0.717) is 17.1 Å². The molecule has 0 spiro atoms. The third kappa shape index (κ3) is 4.18. The van der Waals surface area contributed by atoms with Gasteiger partial charge in [0.2, 0.25) is 0 Å². The van der Waals surface area contributed by atoms with Gasteiger partial charge in [-0.25, -0.2) is 0 Å². The number of benzene rings is 1. The molecule has 0 saturated heterocycles. The van der Waals surface area contributed by atoms with Gasteiger partial charge in [-0.3, -0.25) is 0 Å². The lowest BCUT2D eigenvalue weighted by molar-refractivity contribution is -0.136. The number of alkyl halides is 3. The van der Waals surface area contributed by atoms with Gasteiger partial charge in [-0.2, -0.15) is 13.2 Å². The van der Waals surface area contributed by atoms with E-state index in [1.54, 1.807) is 19.2 Å². The zero-order valence-corrected chi connectivity index (χ0v) is 12.2. The maximum atomic E-state index is 12.3. The zero-order valence-electron chi connectivity index (χ0n) is 11.5. The topological polar surface area (TPSA) is 30.5 Å². The summed E-state index contributed by atoms with van der Waals surface area (Å²) in [4.78, 5) is 0. The maximum absolute atomic E-state index is 12.3. The molecule has 7 heteroatoms. The second kappa shape index (κ2) is 7.04. The molecule has 0 radical (unpaired) electrons. The standard InChI is InChI=1S/C13H17ClF3NO2/c1-18-9(6-7-13(15,16)17)8-4-5-10(19-2)11(14)12(8)20-3/h4-5,9,18H,6-7H2,1-3H3. The monoisotopic (exact) mass is 311 g/mol. The van der Waals surface area contributed by atoms with Crippen LogP contribution in [-0.4, -0.2) is 27.4 Å². The van der Waals surface area contributed by atoms with Crippen molar-refractivity contribution in [3.63, 3.8) is 0 Å². The molecule has 0 aromatic heterocycles. The highest BCUT2D eigenvalue weighted by Gasteiger charge is 2.29. The van der Waals surface area contributed by atoms with Gasteiger partial charge in [-0.15, -0.1) is 0 Å². The van der Waals surface area contributed by atoms with E-state index in [4.69, 9.17) is 21.1 Å². The second-order valence-corrected chi connectivity index (χ2v) is 4.58. The van der Waals surface area contributed by atoms with E-state index >= 15 is 0 Å². The second-order valence-electron chi connectivity index (χ2n) is 4.20. The number of ether oxygens (including phenoxy) is 2. The van der Waals surface area contributed by atoms with E-state index in [1.807, 2.05) is 0 Å². The van der Waals surface area contributed by atoms with Gasteiger partial charge in [0.05, 0.1) is 14.2 Å². The summed E-state index contributed by atoms with van der Waals surface area (Å²) in [5.41, 5.74) is 0.574. The van der Waals surface area contributed by atoms with E-state index in [9.17, 15) is 13.2 Å². The number of hydrogen-bond donors (Lipinski definition) is 1. The Morgan fingerprint density at radius 1 is 1.25 bits per heavy atom. The van der Waals surface area contributed by atoms with E-state index in [-0.39, 0.29) is 11.4 Å². The molecular formula is C13H17ClF3NO2. The van der Waals surface area contributed by atoms with Crippen molar-refractivity contribution in [1.82, 2.24) is 5.32 Å². The third-order valence-electron chi connectivity index (χ3n) is 2.96. The molecule has 1 unspecified atom stereocenters. The van der Waals surface area contributed by atoms with Gasteiger partial charge in [0.25, 0.3) is 0 Å².